The van der Waals surface area contributed by atoms with Crippen molar-refractivity contribution in [3.05, 3.63) is 52.6 Å². The van der Waals surface area contributed by atoms with Crippen molar-refractivity contribution in [3.8, 4) is 0 Å². The highest BCUT2D eigenvalue weighted by atomic mass is 35.5. The van der Waals surface area contributed by atoms with Crippen molar-refractivity contribution >= 4 is 24.0 Å². The molecule has 0 aliphatic rings. The number of benzene rings is 1. The Balaban J connectivity index is 2.69. The SMILES string of the molecule is CCCCC(=C/C=O)/C=C/c1ccc(Cl)cc1. The summed E-state index contributed by atoms with van der Waals surface area (Å²) >= 11 is 5.81. The van der Waals surface area contributed by atoms with Gasteiger partial charge < -0.3 is 0 Å². The summed E-state index contributed by atoms with van der Waals surface area (Å²) in [5, 5.41) is 0.733. The Bertz CT molecular complexity index is 401. The third-order valence-electron chi connectivity index (χ3n) is 2.46. The zero-order valence-corrected chi connectivity index (χ0v) is 10.8. The van der Waals surface area contributed by atoms with Crippen LogP contribution in [0.3, 0.4) is 0 Å². The molecule has 0 bridgehead atoms. The van der Waals surface area contributed by atoms with Crippen LogP contribution in [0.1, 0.15) is 31.7 Å². The predicted molar refractivity (Wildman–Crippen MR) is 74.2 cm³/mol. The van der Waals surface area contributed by atoms with Gasteiger partial charge in [0, 0.05) is 5.02 Å². The van der Waals surface area contributed by atoms with Crippen LogP contribution >= 0.6 is 11.6 Å². The van der Waals surface area contributed by atoms with Crippen molar-refractivity contribution in [2.75, 3.05) is 0 Å². The second-order valence-electron chi connectivity index (χ2n) is 3.87. The van der Waals surface area contributed by atoms with Crippen LogP contribution in [0.15, 0.2) is 42.0 Å². The van der Waals surface area contributed by atoms with E-state index < -0.39 is 0 Å². The van der Waals surface area contributed by atoms with Crippen LogP contribution in [-0.4, -0.2) is 6.29 Å². The van der Waals surface area contributed by atoms with E-state index >= 15 is 0 Å². The maximum Gasteiger partial charge on any atom is 0.143 e. The van der Waals surface area contributed by atoms with Gasteiger partial charge in [-0.15, -0.1) is 0 Å². The average Bonchev–Trinajstić information content (AvgIpc) is 2.35. The summed E-state index contributed by atoms with van der Waals surface area (Å²) in [6, 6.07) is 7.63. The molecule has 0 radical (unpaired) electrons. The highest BCUT2D eigenvalue weighted by Crippen LogP contribution is 2.13. The molecule has 1 aromatic carbocycles. The van der Waals surface area contributed by atoms with Gasteiger partial charge in [0.25, 0.3) is 0 Å². The van der Waals surface area contributed by atoms with Crippen molar-refractivity contribution < 1.29 is 4.79 Å². The van der Waals surface area contributed by atoms with Gasteiger partial charge >= 0.3 is 0 Å². The third kappa shape index (κ3) is 5.50. The van der Waals surface area contributed by atoms with Crippen LogP contribution in [0.2, 0.25) is 5.02 Å². The Hall–Kier alpha value is -1.34. The minimum Gasteiger partial charge on any atom is -0.299 e. The lowest BCUT2D eigenvalue weighted by atomic mass is 10.1. The molecule has 0 amide bonds. The molecule has 0 saturated carbocycles. The smallest absolute Gasteiger partial charge is 0.143 e. The molecule has 0 unspecified atom stereocenters. The van der Waals surface area contributed by atoms with Gasteiger partial charge in [0.1, 0.15) is 6.29 Å². The van der Waals surface area contributed by atoms with Crippen LogP contribution in [-0.2, 0) is 4.79 Å². The van der Waals surface area contributed by atoms with Crippen LogP contribution in [0.4, 0.5) is 0 Å². The topological polar surface area (TPSA) is 17.1 Å². The molecule has 0 N–H and O–H groups in total. The molecule has 0 spiro atoms. The lowest BCUT2D eigenvalue weighted by Gasteiger charge is -1.99. The van der Waals surface area contributed by atoms with Crippen LogP contribution < -0.4 is 0 Å². The molecule has 0 fully saturated rings. The number of rotatable bonds is 6. The monoisotopic (exact) mass is 248 g/mol. The Morgan fingerprint density at radius 1 is 1.29 bits per heavy atom. The van der Waals surface area contributed by atoms with Crippen molar-refractivity contribution in [2.45, 2.75) is 26.2 Å². The Morgan fingerprint density at radius 2 is 2.00 bits per heavy atom. The van der Waals surface area contributed by atoms with Crippen molar-refractivity contribution in [3.63, 3.8) is 0 Å². The first kappa shape index (κ1) is 13.7. The molecule has 90 valence electrons. The largest absolute Gasteiger partial charge is 0.299 e. The minimum absolute atomic E-state index is 0.733. The standard InChI is InChI=1S/C15H17ClO/c1-2-3-4-13(11-12-17)5-6-14-7-9-15(16)10-8-14/h5-12H,2-4H2,1H3/b6-5+,13-11-. The van der Waals surface area contributed by atoms with Gasteiger partial charge in [-0.1, -0.05) is 49.2 Å². The van der Waals surface area contributed by atoms with Gasteiger partial charge in [0.05, 0.1) is 0 Å². The van der Waals surface area contributed by atoms with Crippen molar-refractivity contribution in [2.24, 2.45) is 0 Å². The van der Waals surface area contributed by atoms with E-state index in [0.29, 0.717) is 0 Å². The van der Waals surface area contributed by atoms with E-state index in [1.165, 1.54) is 0 Å². The molecule has 17 heavy (non-hydrogen) atoms. The Labute approximate surface area is 108 Å². The molecular formula is C15H17ClO. The zero-order chi connectivity index (χ0) is 12.5. The first-order valence-corrected chi connectivity index (χ1v) is 6.22. The predicted octanol–water partition coefficient (Wildman–Crippen LogP) is 4.67. The number of carbonyl (C=O) groups is 1. The Kier molecular flexibility index (Phi) is 6.34. The highest BCUT2D eigenvalue weighted by Gasteiger charge is 1.93. The maximum atomic E-state index is 10.5. The summed E-state index contributed by atoms with van der Waals surface area (Å²) in [5.41, 5.74) is 2.15. The molecular weight excluding hydrogens is 232 g/mol. The first-order valence-electron chi connectivity index (χ1n) is 5.84. The summed E-state index contributed by atoms with van der Waals surface area (Å²) in [6.07, 6.45) is 9.64. The molecule has 0 aliphatic carbocycles. The quantitative estimate of drug-likeness (QED) is 0.406. The van der Waals surface area contributed by atoms with Crippen LogP contribution in [0.25, 0.3) is 6.08 Å². The number of hydrogen-bond donors (Lipinski definition) is 0. The van der Waals surface area contributed by atoms with E-state index in [-0.39, 0.29) is 0 Å². The number of halogens is 1. The fourth-order valence-corrected chi connectivity index (χ4v) is 1.59. The molecule has 0 atom stereocenters. The molecule has 0 aromatic heterocycles. The van der Waals surface area contributed by atoms with Crippen LogP contribution in [0, 0.1) is 0 Å². The zero-order valence-electron chi connectivity index (χ0n) is 10.0. The van der Waals surface area contributed by atoms with Gasteiger partial charge in [-0.3, -0.25) is 4.79 Å². The summed E-state index contributed by atoms with van der Waals surface area (Å²) in [6.45, 7) is 2.14. The van der Waals surface area contributed by atoms with E-state index in [1.54, 1.807) is 6.08 Å². The van der Waals surface area contributed by atoms with Crippen molar-refractivity contribution in [1.82, 2.24) is 0 Å². The lowest BCUT2D eigenvalue weighted by molar-refractivity contribution is -0.104. The van der Waals surface area contributed by atoms with Crippen molar-refractivity contribution in [1.29, 1.82) is 0 Å². The molecule has 0 saturated heterocycles. The summed E-state index contributed by atoms with van der Waals surface area (Å²) in [5.74, 6) is 0. The van der Waals surface area contributed by atoms with Gasteiger partial charge in [0.2, 0.25) is 0 Å². The first-order chi connectivity index (χ1) is 8.26. The molecule has 2 heteroatoms. The number of carbonyl (C=O) groups excluding carboxylic acids is 1. The average molecular weight is 249 g/mol. The normalized spacial score (nSPS) is 12.0. The second-order valence-corrected chi connectivity index (χ2v) is 4.30. The second kappa shape index (κ2) is 7.86. The third-order valence-corrected chi connectivity index (χ3v) is 2.71. The number of aldehydes is 1. The Morgan fingerprint density at radius 3 is 2.59 bits per heavy atom. The van der Waals surface area contributed by atoms with E-state index in [9.17, 15) is 4.79 Å². The molecule has 1 aromatic rings. The molecule has 0 aliphatic heterocycles. The van der Waals surface area contributed by atoms with Gasteiger partial charge in [-0.05, 0) is 42.2 Å². The number of unbranched alkanes of at least 4 members (excludes halogenated alkanes) is 1. The van der Waals surface area contributed by atoms with E-state index in [0.717, 1.165) is 41.7 Å². The fourth-order valence-electron chi connectivity index (χ4n) is 1.47. The molecule has 1 rings (SSSR count). The number of allylic oxidation sites excluding steroid dienone is 3. The van der Waals surface area contributed by atoms with E-state index in [1.807, 2.05) is 36.4 Å². The van der Waals surface area contributed by atoms with E-state index in [2.05, 4.69) is 6.92 Å². The van der Waals surface area contributed by atoms with Gasteiger partial charge in [-0.2, -0.15) is 0 Å². The summed E-state index contributed by atoms with van der Waals surface area (Å²) < 4.78 is 0. The lowest BCUT2D eigenvalue weighted by Crippen LogP contribution is -1.81. The molecule has 1 nitrogen and oxygen atoms in total. The van der Waals surface area contributed by atoms with Crippen LogP contribution in [0.5, 0.6) is 0 Å². The van der Waals surface area contributed by atoms with E-state index in [4.69, 9.17) is 11.6 Å². The minimum atomic E-state index is 0.733. The van der Waals surface area contributed by atoms with Gasteiger partial charge in [0.15, 0.2) is 0 Å². The van der Waals surface area contributed by atoms with Gasteiger partial charge in [-0.25, -0.2) is 0 Å². The number of hydrogen-bond acceptors (Lipinski definition) is 1. The fraction of sp³-hybridized carbons (Fsp3) is 0.267. The maximum absolute atomic E-state index is 10.5. The molecule has 0 heterocycles. The summed E-state index contributed by atoms with van der Waals surface area (Å²) in [4.78, 5) is 10.5. The highest BCUT2D eigenvalue weighted by molar-refractivity contribution is 6.30. The summed E-state index contributed by atoms with van der Waals surface area (Å²) in [7, 11) is 0.